The average molecular weight is 470 g/mol. The van der Waals surface area contributed by atoms with Crippen LogP contribution in [-0.2, 0) is 13.0 Å². The maximum absolute atomic E-state index is 13.6. The number of hydrogen-bond donors (Lipinski definition) is 0. The molecule has 1 heterocycles. The molecule has 1 aromatic heterocycles. The first kappa shape index (κ1) is 22.8. The Morgan fingerprint density at radius 1 is 1.03 bits per heavy atom. The van der Waals surface area contributed by atoms with Crippen LogP contribution in [-0.4, -0.2) is 26.6 Å². The number of aryl methyl sites for hydroxylation is 2. The van der Waals surface area contributed by atoms with Crippen LogP contribution in [0, 0.1) is 12.7 Å². The molecule has 0 aliphatic heterocycles. The van der Waals surface area contributed by atoms with Gasteiger partial charge in [0.2, 0.25) is 5.88 Å². The van der Waals surface area contributed by atoms with E-state index in [-0.39, 0.29) is 17.8 Å². The Bertz CT molecular complexity index is 1310. The van der Waals surface area contributed by atoms with Crippen LogP contribution in [0.5, 0.6) is 11.6 Å². The summed E-state index contributed by atoms with van der Waals surface area (Å²) in [5.41, 5.74) is 4.21. The van der Waals surface area contributed by atoms with Gasteiger partial charge in [0.15, 0.2) is 0 Å². The predicted octanol–water partition coefficient (Wildman–Crippen LogP) is 6.48. The minimum atomic E-state index is -0.314. The SMILES string of the molecule is CCc1nn(-c2ccc(F)cc2)c(Oc2ccccc2)c1CN(C(=O)c1ccc(C)cc1)C1CC1. The van der Waals surface area contributed by atoms with Crippen LogP contribution in [0.25, 0.3) is 5.69 Å². The van der Waals surface area contributed by atoms with Crippen LogP contribution in [0.2, 0.25) is 0 Å². The summed E-state index contributed by atoms with van der Waals surface area (Å²) < 4.78 is 21.7. The maximum Gasteiger partial charge on any atom is 0.254 e. The molecular formula is C29H28FN3O2. The molecule has 0 atom stereocenters. The number of amides is 1. The summed E-state index contributed by atoms with van der Waals surface area (Å²) in [4.78, 5) is 15.5. The number of hydrogen-bond acceptors (Lipinski definition) is 3. The van der Waals surface area contributed by atoms with Crippen molar-refractivity contribution in [2.24, 2.45) is 0 Å². The van der Waals surface area contributed by atoms with E-state index in [0.717, 1.165) is 29.7 Å². The third-order valence-electron chi connectivity index (χ3n) is 6.26. The fourth-order valence-electron chi connectivity index (χ4n) is 4.17. The standard InChI is InChI=1S/C29H28FN3O2/c1-3-27-26(19-32(23-17-18-23)28(34)21-11-9-20(2)10-12-21)29(35-25-7-5-4-6-8-25)33(31-27)24-15-13-22(30)14-16-24/h4-16,23H,3,17-19H2,1-2H3. The molecule has 4 aromatic rings. The summed E-state index contributed by atoms with van der Waals surface area (Å²) in [7, 11) is 0. The Morgan fingerprint density at radius 2 is 1.71 bits per heavy atom. The van der Waals surface area contributed by atoms with Gasteiger partial charge in [-0.1, -0.05) is 42.8 Å². The van der Waals surface area contributed by atoms with Gasteiger partial charge in [-0.3, -0.25) is 4.79 Å². The van der Waals surface area contributed by atoms with Crippen molar-refractivity contribution in [3.63, 3.8) is 0 Å². The Hall–Kier alpha value is -3.93. The second-order valence-corrected chi connectivity index (χ2v) is 8.92. The van der Waals surface area contributed by atoms with E-state index in [1.54, 1.807) is 16.8 Å². The molecule has 0 radical (unpaired) electrons. The van der Waals surface area contributed by atoms with Crippen molar-refractivity contribution in [3.05, 3.63) is 107 Å². The number of para-hydroxylation sites is 1. The molecule has 5 nitrogen and oxygen atoms in total. The predicted molar refractivity (Wildman–Crippen MR) is 133 cm³/mol. The first-order chi connectivity index (χ1) is 17.0. The molecule has 6 heteroatoms. The largest absolute Gasteiger partial charge is 0.439 e. The minimum absolute atomic E-state index is 0.00902. The average Bonchev–Trinajstić information content (AvgIpc) is 3.67. The van der Waals surface area contributed by atoms with Crippen molar-refractivity contribution in [2.45, 2.75) is 45.7 Å². The highest BCUT2D eigenvalue weighted by Gasteiger charge is 2.35. The van der Waals surface area contributed by atoms with Gasteiger partial charge in [-0.05, 0) is 74.7 Å². The first-order valence-corrected chi connectivity index (χ1v) is 12.0. The summed E-state index contributed by atoms with van der Waals surface area (Å²) in [6.45, 7) is 4.44. The molecule has 0 unspecified atom stereocenters. The van der Waals surface area contributed by atoms with Crippen molar-refractivity contribution >= 4 is 5.91 Å². The molecule has 1 amide bonds. The molecule has 0 N–H and O–H groups in total. The van der Waals surface area contributed by atoms with Gasteiger partial charge in [-0.25, -0.2) is 9.07 Å². The molecule has 3 aromatic carbocycles. The number of ether oxygens (including phenoxy) is 1. The third-order valence-corrected chi connectivity index (χ3v) is 6.26. The van der Waals surface area contributed by atoms with Crippen LogP contribution in [0.3, 0.4) is 0 Å². The molecule has 1 fully saturated rings. The smallest absolute Gasteiger partial charge is 0.254 e. The summed E-state index contributed by atoms with van der Waals surface area (Å²) in [5, 5.41) is 4.83. The molecule has 0 bridgehead atoms. The monoisotopic (exact) mass is 469 g/mol. The Labute approximate surface area is 204 Å². The highest BCUT2D eigenvalue weighted by Crippen LogP contribution is 2.36. The van der Waals surface area contributed by atoms with E-state index in [9.17, 15) is 9.18 Å². The zero-order chi connectivity index (χ0) is 24.4. The Balaban J connectivity index is 1.57. The lowest BCUT2D eigenvalue weighted by Gasteiger charge is -2.23. The highest BCUT2D eigenvalue weighted by atomic mass is 19.1. The van der Waals surface area contributed by atoms with Gasteiger partial charge < -0.3 is 9.64 Å². The molecule has 1 saturated carbocycles. The number of carbonyl (C=O) groups is 1. The van der Waals surface area contributed by atoms with Gasteiger partial charge in [-0.2, -0.15) is 5.10 Å². The molecule has 178 valence electrons. The maximum atomic E-state index is 13.6. The van der Waals surface area contributed by atoms with Gasteiger partial charge in [0.1, 0.15) is 11.6 Å². The summed E-state index contributed by atoms with van der Waals surface area (Å²) in [6.07, 6.45) is 2.64. The van der Waals surface area contributed by atoms with E-state index in [1.807, 2.05) is 73.3 Å². The molecular weight excluding hydrogens is 441 g/mol. The quantitative estimate of drug-likeness (QED) is 0.297. The number of nitrogens with zero attached hydrogens (tertiary/aromatic N) is 3. The highest BCUT2D eigenvalue weighted by molar-refractivity contribution is 5.94. The summed E-state index contributed by atoms with van der Waals surface area (Å²) in [6, 6.07) is 23.6. The molecule has 1 aliphatic carbocycles. The fraction of sp³-hybridized carbons (Fsp3) is 0.241. The van der Waals surface area contributed by atoms with Crippen molar-refractivity contribution in [1.82, 2.24) is 14.7 Å². The lowest BCUT2D eigenvalue weighted by atomic mass is 10.1. The van der Waals surface area contributed by atoms with Gasteiger partial charge in [0.05, 0.1) is 23.5 Å². The molecule has 5 rings (SSSR count). The zero-order valence-electron chi connectivity index (χ0n) is 19.9. The summed E-state index contributed by atoms with van der Waals surface area (Å²) in [5.74, 6) is 0.908. The number of carbonyl (C=O) groups excluding carboxylic acids is 1. The third kappa shape index (κ3) is 4.97. The van der Waals surface area contributed by atoms with Crippen LogP contribution in [0.4, 0.5) is 4.39 Å². The van der Waals surface area contributed by atoms with E-state index in [2.05, 4.69) is 0 Å². The first-order valence-electron chi connectivity index (χ1n) is 12.0. The summed E-state index contributed by atoms with van der Waals surface area (Å²) >= 11 is 0. The zero-order valence-corrected chi connectivity index (χ0v) is 19.9. The number of halogens is 1. The van der Waals surface area contributed by atoms with E-state index in [1.165, 1.54) is 12.1 Å². The van der Waals surface area contributed by atoms with E-state index >= 15 is 0 Å². The van der Waals surface area contributed by atoms with Crippen molar-refractivity contribution in [2.75, 3.05) is 0 Å². The van der Waals surface area contributed by atoms with Crippen molar-refractivity contribution in [1.29, 1.82) is 0 Å². The van der Waals surface area contributed by atoms with Crippen LogP contribution in [0.15, 0.2) is 78.9 Å². The number of aromatic nitrogens is 2. The van der Waals surface area contributed by atoms with Gasteiger partial charge in [0, 0.05) is 11.6 Å². The van der Waals surface area contributed by atoms with E-state index in [0.29, 0.717) is 35.8 Å². The van der Waals surface area contributed by atoms with E-state index < -0.39 is 0 Å². The van der Waals surface area contributed by atoms with Gasteiger partial charge in [0.25, 0.3) is 5.91 Å². The fourth-order valence-corrected chi connectivity index (χ4v) is 4.17. The Morgan fingerprint density at radius 3 is 2.34 bits per heavy atom. The normalized spacial score (nSPS) is 13.0. The van der Waals surface area contributed by atoms with E-state index in [4.69, 9.17) is 9.84 Å². The van der Waals surface area contributed by atoms with Gasteiger partial charge >= 0.3 is 0 Å². The molecule has 0 spiro atoms. The van der Waals surface area contributed by atoms with Gasteiger partial charge in [-0.15, -0.1) is 0 Å². The second kappa shape index (κ2) is 9.74. The lowest BCUT2D eigenvalue weighted by molar-refractivity contribution is 0.0728. The van der Waals surface area contributed by atoms with Crippen molar-refractivity contribution < 1.29 is 13.9 Å². The molecule has 35 heavy (non-hydrogen) atoms. The molecule has 1 aliphatic rings. The number of benzene rings is 3. The van der Waals surface area contributed by atoms with Crippen molar-refractivity contribution in [3.8, 4) is 17.3 Å². The lowest BCUT2D eigenvalue weighted by Crippen LogP contribution is -2.33. The number of rotatable bonds is 8. The van der Waals surface area contributed by atoms with Crippen LogP contribution in [0.1, 0.15) is 46.9 Å². The second-order valence-electron chi connectivity index (χ2n) is 8.92. The topological polar surface area (TPSA) is 47.4 Å². The minimum Gasteiger partial charge on any atom is -0.439 e. The molecule has 0 saturated heterocycles. The Kier molecular flexibility index (Phi) is 6.36. The van der Waals surface area contributed by atoms with Crippen LogP contribution >= 0.6 is 0 Å². The van der Waals surface area contributed by atoms with Crippen LogP contribution < -0.4 is 4.74 Å².